The third-order valence-corrected chi connectivity index (χ3v) is 1.85. The number of hydrogen-bond donors (Lipinski definition) is 0. The van der Waals surface area contributed by atoms with E-state index >= 15 is 0 Å². The van der Waals surface area contributed by atoms with Gasteiger partial charge in [-0.25, -0.2) is 0 Å². The van der Waals surface area contributed by atoms with E-state index in [1.807, 2.05) is 0 Å². The van der Waals surface area contributed by atoms with Crippen molar-refractivity contribution in [1.29, 1.82) is 0 Å². The molecule has 3 heteroatoms. The summed E-state index contributed by atoms with van der Waals surface area (Å²) in [6.07, 6.45) is 7.92. The number of hydrogen-bond acceptors (Lipinski definition) is 3. The van der Waals surface area contributed by atoms with Gasteiger partial charge in [0.15, 0.2) is 5.78 Å². The maximum absolute atomic E-state index is 11.2. The second-order valence-corrected chi connectivity index (χ2v) is 2.85. The Morgan fingerprint density at radius 3 is 3.00 bits per heavy atom. The molecule has 3 nitrogen and oxygen atoms in total. The molecule has 0 aromatic rings. The molecule has 0 fully saturated rings. The number of allylic oxidation sites excluding steroid dienone is 1. The molecule has 0 amide bonds. The van der Waals surface area contributed by atoms with E-state index in [9.17, 15) is 9.59 Å². The molecule has 2 unspecified atom stereocenters. The molecule has 0 aromatic carbocycles. The molecule has 0 radical (unpaired) electrons. The summed E-state index contributed by atoms with van der Waals surface area (Å²) in [7, 11) is 0. The van der Waals surface area contributed by atoms with Crippen LogP contribution in [0.5, 0.6) is 0 Å². The van der Waals surface area contributed by atoms with E-state index in [0.717, 1.165) is 0 Å². The summed E-state index contributed by atoms with van der Waals surface area (Å²) in [5.41, 5.74) is 0. The van der Waals surface area contributed by atoms with Crippen molar-refractivity contribution in [3.8, 4) is 12.3 Å². The van der Waals surface area contributed by atoms with Crippen LogP contribution in [0.2, 0.25) is 0 Å². The number of ether oxygens (including phenoxy) is 1. The monoisotopic (exact) mass is 178 g/mol. The Bertz CT molecular complexity index is 296. The van der Waals surface area contributed by atoms with Crippen LogP contribution in [0.25, 0.3) is 0 Å². The largest absolute Gasteiger partial charge is 0.457 e. The van der Waals surface area contributed by atoms with E-state index in [1.165, 1.54) is 13.0 Å². The second-order valence-electron chi connectivity index (χ2n) is 2.85. The van der Waals surface area contributed by atoms with Gasteiger partial charge >= 0.3 is 5.97 Å². The predicted octanol–water partition coefficient (Wildman–Crippen LogP) is 0.696. The van der Waals surface area contributed by atoms with Gasteiger partial charge in [-0.2, -0.15) is 0 Å². The highest BCUT2D eigenvalue weighted by molar-refractivity contribution is 5.95. The van der Waals surface area contributed by atoms with Crippen LogP contribution in [0.1, 0.15) is 13.3 Å². The molecule has 0 bridgehead atoms. The summed E-state index contributed by atoms with van der Waals surface area (Å²) in [6, 6.07) is 0. The smallest absolute Gasteiger partial charge is 0.303 e. The van der Waals surface area contributed by atoms with E-state index in [0.29, 0.717) is 6.42 Å². The number of terminal acetylenes is 1. The van der Waals surface area contributed by atoms with Crippen molar-refractivity contribution < 1.29 is 14.3 Å². The topological polar surface area (TPSA) is 43.4 Å². The first kappa shape index (κ1) is 9.53. The van der Waals surface area contributed by atoms with Crippen LogP contribution < -0.4 is 0 Å². The maximum atomic E-state index is 11.2. The molecule has 0 N–H and O–H groups in total. The average molecular weight is 178 g/mol. The Kier molecular flexibility index (Phi) is 2.86. The van der Waals surface area contributed by atoms with Crippen LogP contribution in [0, 0.1) is 18.3 Å². The summed E-state index contributed by atoms with van der Waals surface area (Å²) in [4.78, 5) is 21.8. The molecule has 1 aliphatic carbocycles. The van der Waals surface area contributed by atoms with E-state index in [4.69, 9.17) is 11.2 Å². The minimum absolute atomic E-state index is 0.0656. The Morgan fingerprint density at radius 2 is 2.46 bits per heavy atom. The molecular formula is C10H10O3. The van der Waals surface area contributed by atoms with Crippen LogP contribution in [0.15, 0.2) is 12.2 Å². The third kappa shape index (κ3) is 2.19. The highest BCUT2D eigenvalue weighted by atomic mass is 16.5. The van der Waals surface area contributed by atoms with Crippen molar-refractivity contribution in [1.82, 2.24) is 0 Å². The van der Waals surface area contributed by atoms with Crippen LogP contribution in [0.4, 0.5) is 0 Å². The zero-order valence-corrected chi connectivity index (χ0v) is 7.32. The number of ketones is 1. The molecule has 1 aliphatic rings. The second kappa shape index (κ2) is 3.90. The Labute approximate surface area is 76.8 Å². The zero-order valence-electron chi connectivity index (χ0n) is 7.32. The molecule has 0 aliphatic heterocycles. The first-order valence-electron chi connectivity index (χ1n) is 3.98. The lowest BCUT2D eigenvalue weighted by molar-refractivity contribution is -0.146. The Balaban J connectivity index is 2.64. The first-order chi connectivity index (χ1) is 6.15. The van der Waals surface area contributed by atoms with Crippen LogP contribution in [-0.4, -0.2) is 17.9 Å². The third-order valence-electron chi connectivity index (χ3n) is 1.85. The van der Waals surface area contributed by atoms with E-state index < -0.39 is 12.1 Å². The standard InChI is InChI=1S/C10H10O3/c1-3-4-8-9(12)5-6-10(8)13-7(2)11/h1,5-6,8,10H,4H2,2H3. The molecule has 13 heavy (non-hydrogen) atoms. The molecule has 0 saturated heterocycles. The zero-order chi connectivity index (χ0) is 9.84. The lowest BCUT2D eigenvalue weighted by Crippen LogP contribution is -2.24. The van der Waals surface area contributed by atoms with Crippen LogP contribution in [-0.2, 0) is 14.3 Å². The molecule has 0 spiro atoms. The molecule has 68 valence electrons. The average Bonchev–Trinajstić information content (AvgIpc) is 2.35. The van der Waals surface area contributed by atoms with Crippen LogP contribution in [0.3, 0.4) is 0 Å². The van der Waals surface area contributed by atoms with Crippen molar-refractivity contribution >= 4 is 11.8 Å². The number of rotatable bonds is 2. The predicted molar refractivity (Wildman–Crippen MR) is 46.6 cm³/mol. The minimum atomic E-state index is -0.471. The van der Waals surface area contributed by atoms with Gasteiger partial charge in [-0.3, -0.25) is 9.59 Å². The van der Waals surface area contributed by atoms with Gasteiger partial charge in [-0.1, -0.05) is 0 Å². The number of esters is 1. The lowest BCUT2D eigenvalue weighted by Gasteiger charge is -2.15. The normalized spacial score (nSPS) is 25.7. The van der Waals surface area contributed by atoms with Crippen molar-refractivity contribution in [3.05, 3.63) is 12.2 Å². The Morgan fingerprint density at radius 1 is 1.77 bits per heavy atom. The SMILES string of the molecule is C#CCC1C(=O)C=CC1OC(C)=O. The molecule has 0 saturated carbocycles. The highest BCUT2D eigenvalue weighted by Gasteiger charge is 2.31. The lowest BCUT2D eigenvalue weighted by atomic mass is 10.0. The van der Waals surface area contributed by atoms with Gasteiger partial charge < -0.3 is 4.74 Å². The molecular weight excluding hydrogens is 168 g/mol. The van der Waals surface area contributed by atoms with Gasteiger partial charge in [0, 0.05) is 13.3 Å². The number of carbonyl (C=O) groups excluding carboxylic acids is 2. The van der Waals surface area contributed by atoms with E-state index in [2.05, 4.69) is 5.92 Å². The van der Waals surface area contributed by atoms with Crippen LogP contribution >= 0.6 is 0 Å². The number of carbonyl (C=O) groups is 2. The molecule has 1 rings (SSSR count). The van der Waals surface area contributed by atoms with Gasteiger partial charge in [-0.05, 0) is 12.2 Å². The molecule has 0 aromatic heterocycles. The van der Waals surface area contributed by atoms with Gasteiger partial charge in [0.05, 0.1) is 5.92 Å². The fourth-order valence-corrected chi connectivity index (χ4v) is 1.27. The maximum Gasteiger partial charge on any atom is 0.303 e. The van der Waals surface area contributed by atoms with Crippen molar-refractivity contribution in [2.45, 2.75) is 19.4 Å². The van der Waals surface area contributed by atoms with E-state index in [-0.39, 0.29) is 11.7 Å². The highest BCUT2D eigenvalue weighted by Crippen LogP contribution is 2.21. The molecule has 0 heterocycles. The van der Waals surface area contributed by atoms with Crippen molar-refractivity contribution in [2.24, 2.45) is 5.92 Å². The summed E-state index contributed by atoms with van der Waals surface area (Å²) in [5, 5.41) is 0. The van der Waals surface area contributed by atoms with Crippen molar-refractivity contribution in [3.63, 3.8) is 0 Å². The van der Waals surface area contributed by atoms with E-state index in [1.54, 1.807) is 6.08 Å². The quantitative estimate of drug-likeness (QED) is 0.461. The van der Waals surface area contributed by atoms with Gasteiger partial charge in [0.25, 0.3) is 0 Å². The van der Waals surface area contributed by atoms with Gasteiger partial charge in [-0.15, -0.1) is 12.3 Å². The minimum Gasteiger partial charge on any atom is -0.457 e. The van der Waals surface area contributed by atoms with Gasteiger partial charge in [0.2, 0.25) is 0 Å². The van der Waals surface area contributed by atoms with Gasteiger partial charge in [0.1, 0.15) is 6.10 Å². The first-order valence-corrected chi connectivity index (χ1v) is 3.98. The fraction of sp³-hybridized carbons (Fsp3) is 0.400. The summed E-state index contributed by atoms with van der Waals surface area (Å²) in [5.74, 6) is 1.55. The Hall–Kier alpha value is -1.56. The summed E-state index contributed by atoms with van der Waals surface area (Å²) < 4.78 is 4.90. The van der Waals surface area contributed by atoms with Crippen molar-refractivity contribution in [2.75, 3.05) is 0 Å². The summed E-state index contributed by atoms with van der Waals surface area (Å²) in [6.45, 7) is 1.31. The molecule has 2 atom stereocenters. The fourth-order valence-electron chi connectivity index (χ4n) is 1.27. The summed E-state index contributed by atoms with van der Waals surface area (Å²) >= 11 is 0.